The maximum absolute atomic E-state index is 2.45. The van der Waals surface area contributed by atoms with Crippen LogP contribution in [0.1, 0.15) is 44.9 Å². The van der Waals surface area contributed by atoms with Gasteiger partial charge in [0.2, 0.25) is 0 Å². The molecule has 0 heteroatoms. The fraction of sp³-hybridized carbons (Fsp3) is 0.692. The van der Waals surface area contributed by atoms with E-state index < -0.39 is 0 Å². The van der Waals surface area contributed by atoms with Crippen molar-refractivity contribution in [3.8, 4) is 0 Å². The molecule has 0 N–H and O–H groups in total. The predicted molar refractivity (Wildman–Crippen MR) is 55.5 cm³/mol. The van der Waals surface area contributed by atoms with Crippen LogP contribution in [-0.2, 0) is 0 Å². The Kier molecular flexibility index (Phi) is 1.81. The molecule has 3 aliphatic rings. The van der Waals surface area contributed by atoms with Gasteiger partial charge >= 0.3 is 0 Å². The molecule has 1 fully saturated rings. The van der Waals surface area contributed by atoms with E-state index in [0.29, 0.717) is 0 Å². The van der Waals surface area contributed by atoms with Crippen LogP contribution >= 0.6 is 0 Å². The second-order valence-corrected chi connectivity index (χ2v) is 4.84. The summed E-state index contributed by atoms with van der Waals surface area (Å²) in [7, 11) is 0. The number of fused-ring (bicyclic) bond motifs is 2. The van der Waals surface area contributed by atoms with Gasteiger partial charge < -0.3 is 0 Å². The standard InChI is InChI=1S/C13H18/c1-2-6-12-10(4-1)8-9-11-5-3-7-13(11)12/h2,6,11,13H,1,3-5,7-9H2. The predicted octanol–water partition coefficient (Wildman–Crippen LogP) is 3.84. The molecule has 0 spiro atoms. The Balaban J connectivity index is 1.96. The summed E-state index contributed by atoms with van der Waals surface area (Å²) in [4.78, 5) is 0. The van der Waals surface area contributed by atoms with Gasteiger partial charge in [-0.05, 0) is 55.9 Å². The van der Waals surface area contributed by atoms with Crippen molar-refractivity contribution in [2.24, 2.45) is 11.8 Å². The topological polar surface area (TPSA) is 0 Å². The fourth-order valence-electron chi connectivity index (χ4n) is 3.54. The SMILES string of the molecule is C1=CC2=C(CC1)CCC1CCCC21. The molecule has 1 saturated carbocycles. The van der Waals surface area contributed by atoms with E-state index in [1.165, 1.54) is 44.9 Å². The van der Waals surface area contributed by atoms with Gasteiger partial charge in [-0.3, -0.25) is 0 Å². The van der Waals surface area contributed by atoms with Crippen LogP contribution in [0.25, 0.3) is 0 Å². The zero-order valence-electron chi connectivity index (χ0n) is 8.26. The lowest BCUT2D eigenvalue weighted by Gasteiger charge is -2.31. The van der Waals surface area contributed by atoms with Crippen molar-refractivity contribution >= 4 is 0 Å². The van der Waals surface area contributed by atoms with E-state index >= 15 is 0 Å². The summed E-state index contributed by atoms with van der Waals surface area (Å²) in [6, 6.07) is 0. The minimum absolute atomic E-state index is 0.972. The average Bonchev–Trinajstić information content (AvgIpc) is 2.65. The number of hydrogen-bond acceptors (Lipinski definition) is 0. The lowest BCUT2D eigenvalue weighted by atomic mass is 9.74. The molecule has 0 heterocycles. The summed E-state index contributed by atoms with van der Waals surface area (Å²) in [5.74, 6) is 2.03. The normalized spacial score (nSPS) is 37.5. The quantitative estimate of drug-likeness (QED) is 0.523. The van der Waals surface area contributed by atoms with Gasteiger partial charge in [0.1, 0.15) is 0 Å². The van der Waals surface area contributed by atoms with Crippen LogP contribution in [-0.4, -0.2) is 0 Å². The third-order valence-corrected chi connectivity index (χ3v) is 4.19. The zero-order chi connectivity index (χ0) is 8.67. The second-order valence-electron chi connectivity index (χ2n) is 4.84. The van der Waals surface area contributed by atoms with Gasteiger partial charge in [-0.25, -0.2) is 0 Å². The van der Waals surface area contributed by atoms with Crippen LogP contribution in [0.15, 0.2) is 23.3 Å². The number of hydrogen-bond donors (Lipinski definition) is 0. The van der Waals surface area contributed by atoms with Gasteiger partial charge in [0, 0.05) is 0 Å². The van der Waals surface area contributed by atoms with Crippen molar-refractivity contribution in [2.75, 3.05) is 0 Å². The molecule has 3 aliphatic carbocycles. The molecule has 0 bridgehead atoms. The molecular formula is C13H18. The third-order valence-electron chi connectivity index (χ3n) is 4.19. The number of allylic oxidation sites excluding steroid dienone is 4. The van der Waals surface area contributed by atoms with Gasteiger partial charge in [0.25, 0.3) is 0 Å². The Labute approximate surface area is 80.7 Å². The van der Waals surface area contributed by atoms with Crippen LogP contribution in [0, 0.1) is 11.8 Å². The molecule has 70 valence electrons. The first-order valence-electron chi connectivity index (χ1n) is 5.83. The maximum atomic E-state index is 2.45. The highest BCUT2D eigenvalue weighted by Gasteiger charge is 2.34. The Morgan fingerprint density at radius 1 is 1.08 bits per heavy atom. The van der Waals surface area contributed by atoms with Crippen LogP contribution in [0.3, 0.4) is 0 Å². The van der Waals surface area contributed by atoms with Crippen LogP contribution in [0.5, 0.6) is 0 Å². The first-order chi connectivity index (χ1) is 6.45. The van der Waals surface area contributed by atoms with Crippen molar-refractivity contribution in [1.29, 1.82) is 0 Å². The summed E-state index contributed by atoms with van der Waals surface area (Å²) >= 11 is 0. The smallest absolute Gasteiger partial charge is 0.0134 e. The lowest BCUT2D eigenvalue weighted by Crippen LogP contribution is -2.18. The van der Waals surface area contributed by atoms with Crippen molar-refractivity contribution in [1.82, 2.24) is 0 Å². The second kappa shape index (κ2) is 3.01. The molecule has 3 rings (SSSR count). The van der Waals surface area contributed by atoms with Gasteiger partial charge in [-0.1, -0.05) is 24.1 Å². The van der Waals surface area contributed by atoms with Gasteiger partial charge in [0.05, 0.1) is 0 Å². The molecule has 0 saturated heterocycles. The molecule has 0 aromatic carbocycles. The molecule has 0 aromatic heterocycles. The van der Waals surface area contributed by atoms with E-state index in [0.717, 1.165) is 11.8 Å². The number of rotatable bonds is 0. The monoisotopic (exact) mass is 174 g/mol. The van der Waals surface area contributed by atoms with Crippen LogP contribution < -0.4 is 0 Å². The molecule has 13 heavy (non-hydrogen) atoms. The third kappa shape index (κ3) is 1.19. The molecular weight excluding hydrogens is 156 g/mol. The summed E-state index contributed by atoms with van der Waals surface area (Å²) in [6.45, 7) is 0. The Morgan fingerprint density at radius 3 is 3.08 bits per heavy atom. The molecule has 0 amide bonds. The zero-order valence-corrected chi connectivity index (χ0v) is 8.26. The Bertz CT molecular complexity index is 270. The van der Waals surface area contributed by atoms with Gasteiger partial charge in [-0.15, -0.1) is 0 Å². The van der Waals surface area contributed by atoms with Crippen molar-refractivity contribution < 1.29 is 0 Å². The summed E-state index contributed by atoms with van der Waals surface area (Å²) in [6.07, 6.45) is 14.9. The summed E-state index contributed by atoms with van der Waals surface area (Å²) in [5.41, 5.74) is 3.57. The van der Waals surface area contributed by atoms with Gasteiger partial charge in [-0.2, -0.15) is 0 Å². The largest absolute Gasteiger partial charge is 0.0839 e. The maximum Gasteiger partial charge on any atom is -0.0134 e. The minimum atomic E-state index is 0.972. The summed E-state index contributed by atoms with van der Waals surface area (Å²) in [5, 5.41) is 0. The molecule has 2 atom stereocenters. The molecule has 0 aromatic rings. The van der Waals surface area contributed by atoms with Crippen LogP contribution in [0.2, 0.25) is 0 Å². The first-order valence-corrected chi connectivity index (χ1v) is 5.83. The molecule has 0 aliphatic heterocycles. The average molecular weight is 174 g/mol. The van der Waals surface area contributed by atoms with E-state index in [2.05, 4.69) is 12.2 Å². The highest BCUT2D eigenvalue weighted by molar-refractivity contribution is 5.34. The Hall–Kier alpha value is -0.520. The van der Waals surface area contributed by atoms with E-state index in [1.807, 2.05) is 5.57 Å². The van der Waals surface area contributed by atoms with Crippen molar-refractivity contribution in [3.05, 3.63) is 23.3 Å². The Morgan fingerprint density at radius 2 is 2.08 bits per heavy atom. The van der Waals surface area contributed by atoms with E-state index in [1.54, 1.807) is 5.57 Å². The molecule has 2 unspecified atom stereocenters. The van der Waals surface area contributed by atoms with Crippen molar-refractivity contribution in [2.45, 2.75) is 44.9 Å². The summed E-state index contributed by atoms with van der Waals surface area (Å²) < 4.78 is 0. The lowest BCUT2D eigenvalue weighted by molar-refractivity contribution is 0.382. The highest BCUT2D eigenvalue weighted by atomic mass is 14.4. The molecule has 0 radical (unpaired) electrons. The molecule has 0 nitrogen and oxygen atoms in total. The highest BCUT2D eigenvalue weighted by Crippen LogP contribution is 2.47. The van der Waals surface area contributed by atoms with Crippen molar-refractivity contribution in [3.63, 3.8) is 0 Å². The minimum Gasteiger partial charge on any atom is -0.0839 e. The van der Waals surface area contributed by atoms with E-state index in [-0.39, 0.29) is 0 Å². The fourth-order valence-corrected chi connectivity index (χ4v) is 3.54. The van der Waals surface area contributed by atoms with Crippen LogP contribution in [0.4, 0.5) is 0 Å². The van der Waals surface area contributed by atoms with Gasteiger partial charge in [0.15, 0.2) is 0 Å². The first kappa shape index (κ1) is 7.84. The van der Waals surface area contributed by atoms with E-state index in [9.17, 15) is 0 Å². The van der Waals surface area contributed by atoms with E-state index in [4.69, 9.17) is 0 Å².